The Morgan fingerprint density at radius 2 is 1.84 bits per heavy atom. The molecule has 37 heavy (non-hydrogen) atoms. The number of aromatic nitrogens is 3. The lowest BCUT2D eigenvalue weighted by Gasteiger charge is -2.39. The number of ether oxygens (including phenoxy) is 2. The highest BCUT2D eigenvalue weighted by atomic mass is 16.6. The summed E-state index contributed by atoms with van der Waals surface area (Å²) in [6.45, 7) is 20.6. The van der Waals surface area contributed by atoms with E-state index < -0.39 is 11.3 Å². The number of ketones is 1. The van der Waals surface area contributed by atoms with Gasteiger partial charge in [0.2, 0.25) is 0 Å². The van der Waals surface area contributed by atoms with Crippen molar-refractivity contribution < 1.29 is 19.1 Å². The molecule has 3 heterocycles. The second-order valence-electron chi connectivity index (χ2n) is 13.2. The quantitative estimate of drug-likeness (QED) is 0.405. The Morgan fingerprint density at radius 1 is 1.19 bits per heavy atom. The summed E-state index contributed by atoms with van der Waals surface area (Å²) in [6, 6.07) is 1.93. The number of nitrogens with zero attached hydrogens (tertiary/aromatic N) is 4. The lowest BCUT2D eigenvalue weighted by atomic mass is 9.83. The predicted octanol–water partition coefficient (Wildman–Crippen LogP) is 6.26. The van der Waals surface area contributed by atoms with Crippen LogP contribution in [-0.4, -0.2) is 55.3 Å². The average Bonchev–Trinajstić information content (AvgIpc) is 3.25. The van der Waals surface area contributed by atoms with E-state index in [-0.39, 0.29) is 29.3 Å². The first kappa shape index (κ1) is 29.1. The normalized spacial score (nSPS) is 19.0. The van der Waals surface area contributed by atoms with Gasteiger partial charge in [-0.3, -0.25) is 14.7 Å². The van der Waals surface area contributed by atoms with E-state index in [4.69, 9.17) is 9.47 Å². The van der Waals surface area contributed by atoms with Gasteiger partial charge >= 0.3 is 6.09 Å². The van der Waals surface area contributed by atoms with Crippen LogP contribution in [-0.2, 0) is 21.9 Å². The molecule has 206 valence electrons. The lowest BCUT2D eigenvalue weighted by Crippen LogP contribution is -2.52. The number of hydrogen-bond donors (Lipinski definition) is 0. The van der Waals surface area contributed by atoms with Crippen LogP contribution in [0.4, 0.5) is 4.79 Å². The molecule has 1 aliphatic heterocycles. The van der Waals surface area contributed by atoms with Crippen LogP contribution < -0.4 is 0 Å². The second-order valence-corrected chi connectivity index (χ2v) is 13.2. The van der Waals surface area contributed by atoms with Crippen LogP contribution in [0.5, 0.6) is 0 Å². The molecular formula is C29H46N4O4. The van der Waals surface area contributed by atoms with Gasteiger partial charge in [0.1, 0.15) is 22.5 Å². The maximum absolute atomic E-state index is 13.1. The first-order valence-corrected chi connectivity index (χ1v) is 13.4. The summed E-state index contributed by atoms with van der Waals surface area (Å²) >= 11 is 0. The summed E-state index contributed by atoms with van der Waals surface area (Å²) in [6.07, 6.45) is 3.10. The van der Waals surface area contributed by atoms with Gasteiger partial charge in [-0.2, -0.15) is 0 Å². The van der Waals surface area contributed by atoms with Crippen LogP contribution in [0.3, 0.4) is 0 Å². The molecule has 1 amide bonds. The minimum absolute atomic E-state index is 0.0117. The summed E-state index contributed by atoms with van der Waals surface area (Å²) in [7, 11) is 1.97. The number of amides is 1. The summed E-state index contributed by atoms with van der Waals surface area (Å²) in [4.78, 5) is 37.2. The Labute approximate surface area is 222 Å². The highest BCUT2D eigenvalue weighted by Gasteiger charge is 2.48. The van der Waals surface area contributed by atoms with E-state index in [0.717, 1.165) is 23.3 Å². The van der Waals surface area contributed by atoms with Gasteiger partial charge in [0.15, 0.2) is 11.4 Å². The number of rotatable bonds is 7. The van der Waals surface area contributed by atoms with E-state index >= 15 is 0 Å². The fourth-order valence-electron chi connectivity index (χ4n) is 5.34. The first-order chi connectivity index (χ1) is 16.9. The third-order valence-corrected chi connectivity index (χ3v) is 7.19. The largest absolute Gasteiger partial charge is 0.444 e. The minimum Gasteiger partial charge on any atom is -0.444 e. The van der Waals surface area contributed by atoms with E-state index in [1.165, 1.54) is 0 Å². The summed E-state index contributed by atoms with van der Waals surface area (Å²) in [5, 5.41) is 0. The van der Waals surface area contributed by atoms with Crippen molar-refractivity contribution in [2.75, 3.05) is 6.61 Å². The summed E-state index contributed by atoms with van der Waals surface area (Å²) in [5.41, 5.74) is 1.68. The van der Waals surface area contributed by atoms with Crippen molar-refractivity contribution >= 4 is 23.0 Å². The van der Waals surface area contributed by atoms with Gasteiger partial charge in [0.05, 0.1) is 18.8 Å². The molecule has 1 saturated heterocycles. The zero-order valence-electron chi connectivity index (χ0n) is 24.6. The third-order valence-electron chi connectivity index (χ3n) is 7.19. The zero-order valence-corrected chi connectivity index (χ0v) is 24.6. The van der Waals surface area contributed by atoms with Crippen LogP contribution in [0.1, 0.15) is 105 Å². The second kappa shape index (κ2) is 10.4. The number of fused-ring (bicyclic) bond motifs is 1. The molecule has 0 aromatic carbocycles. The third kappa shape index (κ3) is 6.51. The Kier molecular flexibility index (Phi) is 8.14. The van der Waals surface area contributed by atoms with Crippen LogP contribution in [0.25, 0.3) is 11.2 Å². The van der Waals surface area contributed by atoms with Crippen molar-refractivity contribution in [2.24, 2.45) is 18.9 Å². The SMILES string of the molecule is CC(C)[C@H](CCCC(=O)c1cnc2cc(C(C)(C)C)n(C)c2n1)[C@@H]1COC(C)(C)N1C(=O)OC(C)(C)C. The highest BCUT2D eigenvalue weighted by molar-refractivity contribution is 5.95. The number of aryl methyl sites for hydroxylation is 1. The van der Waals surface area contributed by atoms with Crippen molar-refractivity contribution in [2.45, 2.75) is 111 Å². The monoisotopic (exact) mass is 514 g/mol. The number of hydrogen-bond acceptors (Lipinski definition) is 6. The molecule has 0 spiro atoms. The molecule has 0 radical (unpaired) electrons. The molecule has 2 atom stereocenters. The molecule has 0 N–H and O–H groups in total. The van der Waals surface area contributed by atoms with Gasteiger partial charge in [-0.05, 0) is 65.4 Å². The molecule has 1 fully saturated rings. The van der Waals surface area contributed by atoms with Crippen molar-refractivity contribution in [3.63, 3.8) is 0 Å². The fraction of sp³-hybridized carbons (Fsp3) is 0.724. The summed E-state index contributed by atoms with van der Waals surface area (Å²) in [5.74, 6) is 0.457. The van der Waals surface area contributed by atoms with Gasteiger partial charge in [-0.15, -0.1) is 0 Å². The molecule has 0 bridgehead atoms. The number of carbonyl (C=O) groups excluding carboxylic acids is 2. The Morgan fingerprint density at radius 3 is 2.41 bits per heavy atom. The Bertz CT molecular complexity index is 1140. The predicted molar refractivity (Wildman–Crippen MR) is 146 cm³/mol. The Hall–Kier alpha value is -2.48. The average molecular weight is 515 g/mol. The molecule has 0 unspecified atom stereocenters. The van der Waals surface area contributed by atoms with E-state index in [2.05, 4.69) is 44.6 Å². The van der Waals surface area contributed by atoms with Crippen molar-refractivity contribution in [1.29, 1.82) is 0 Å². The van der Waals surface area contributed by atoms with Gasteiger partial charge in [-0.1, -0.05) is 34.6 Å². The van der Waals surface area contributed by atoms with E-state index in [1.54, 1.807) is 11.1 Å². The topological polar surface area (TPSA) is 86.6 Å². The maximum Gasteiger partial charge on any atom is 0.412 e. The molecule has 2 aromatic heterocycles. The van der Waals surface area contributed by atoms with Crippen molar-refractivity contribution in [3.05, 3.63) is 23.7 Å². The zero-order chi connectivity index (χ0) is 27.9. The molecule has 3 rings (SSSR count). The van der Waals surface area contributed by atoms with Gasteiger partial charge in [0.25, 0.3) is 0 Å². The smallest absolute Gasteiger partial charge is 0.412 e. The number of Topliss-reactive ketones (excluding diaryl/α,β-unsaturated/α-hetero) is 1. The minimum atomic E-state index is -0.748. The van der Waals surface area contributed by atoms with Crippen LogP contribution in [0.15, 0.2) is 12.3 Å². The highest BCUT2D eigenvalue weighted by Crippen LogP contribution is 2.37. The molecular weight excluding hydrogens is 468 g/mol. The molecule has 8 heteroatoms. The van der Waals surface area contributed by atoms with Crippen LogP contribution in [0.2, 0.25) is 0 Å². The molecule has 1 aliphatic rings. The molecule has 8 nitrogen and oxygen atoms in total. The van der Waals surface area contributed by atoms with Gasteiger partial charge < -0.3 is 14.0 Å². The first-order valence-electron chi connectivity index (χ1n) is 13.4. The number of carbonyl (C=O) groups is 2. The Balaban J connectivity index is 1.72. The van der Waals surface area contributed by atoms with Gasteiger partial charge in [-0.25, -0.2) is 9.78 Å². The van der Waals surface area contributed by atoms with Gasteiger partial charge in [0, 0.05) is 24.6 Å². The van der Waals surface area contributed by atoms with Crippen LogP contribution >= 0.6 is 0 Å². The maximum atomic E-state index is 13.1. The van der Waals surface area contributed by atoms with Crippen LogP contribution in [0, 0.1) is 11.8 Å². The van der Waals surface area contributed by atoms with Crippen molar-refractivity contribution in [1.82, 2.24) is 19.4 Å². The van der Waals surface area contributed by atoms with E-state index in [9.17, 15) is 9.59 Å². The van der Waals surface area contributed by atoms with E-state index in [0.29, 0.717) is 31.1 Å². The fourth-order valence-corrected chi connectivity index (χ4v) is 5.34. The molecule has 2 aromatic rings. The van der Waals surface area contributed by atoms with E-state index in [1.807, 2.05) is 52.3 Å². The van der Waals surface area contributed by atoms with Crippen molar-refractivity contribution in [3.8, 4) is 0 Å². The molecule has 0 aliphatic carbocycles. The standard InChI is InChI=1S/C29H46N4O4/c1-18(2)19(22-17-36-29(9,10)33(22)26(35)37-28(6,7)8)13-12-14-23(34)21-16-30-20-15-24(27(3,4)5)32(11)25(20)31-21/h15-16,18-19,22H,12-14,17H2,1-11H3/t19-,22-/m0/s1. The lowest BCUT2D eigenvalue weighted by molar-refractivity contribution is -0.0654. The summed E-state index contributed by atoms with van der Waals surface area (Å²) < 4.78 is 13.8. The molecule has 0 saturated carbocycles.